The number of benzene rings is 1. The Morgan fingerprint density at radius 1 is 1.48 bits per heavy atom. The van der Waals surface area contributed by atoms with Gasteiger partial charge in [0.1, 0.15) is 5.75 Å². The molecule has 0 fully saturated rings. The molecular formula is C15H17BrN2O2S. The highest BCUT2D eigenvalue weighted by Gasteiger charge is 2.29. The quantitative estimate of drug-likeness (QED) is 0.799. The molecule has 21 heavy (non-hydrogen) atoms. The summed E-state index contributed by atoms with van der Waals surface area (Å²) in [4.78, 5) is 12.0. The van der Waals surface area contributed by atoms with Gasteiger partial charge in [0.05, 0.1) is 12.6 Å². The van der Waals surface area contributed by atoms with E-state index in [1.165, 1.54) is 0 Å². The van der Waals surface area contributed by atoms with E-state index >= 15 is 0 Å². The predicted molar refractivity (Wildman–Crippen MR) is 90.3 cm³/mol. The summed E-state index contributed by atoms with van der Waals surface area (Å²) in [7, 11) is 0. The molecule has 1 aromatic rings. The molecule has 0 aromatic heterocycles. The molecule has 0 aliphatic carbocycles. The monoisotopic (exact) mass is 368 g/mol. The van der Waals surface area contributed by atoms with Crippen molar-refractivity contribution in [3.63, 3.8) is 0 Å². The number of nitrogens with one attached hydrogen (secondary N) is 2. The minimum atomic E-state index is -0.310. The molecule has 2 rings (SSSR count). The van der Waals surface area contributed by atoms with Gasteiger partial charge in [0.15, 0.2) is 10.9 Å². The Morgan fingerprint density at radius 2 is 2.19 bits per heavy atom. The fourth-order valence-corrected chi connectivity index (χ4v) is 3.08. The molecular weight excluding hydrogens is 352 g/mol. The third-order valence-electron chi connectivity index (χ3n) is 3.23. The number of thiocarbonyl (C=S) groups is 1. The van der Waals surface area contributed by atoms with Crippen molar-refractivity contribution in [1.29, 1.82) is 0 Å². The molecule has 0 saturated heterocycles. The maximum atomic E-state index is 12.0. The van der Waals surface area contributed by atoms with Crippen LogP contribution in [-0.2, 0) is 4.79 Å². The van der Waals surface area contributed by atoms with Crippen LogP contribution in [0.2, 0.25) is 0 Å². The van der Waals surface area contributed by atoms with Crippen molar-refractivity contribution in [1.82, 2.24) is 10.6 Å². The molecule has 6 heteroatoms. The van der Waals surface area contributed by atoms with Gasteiger partial charge >= 0.3 is 0 Å². The van der Waals surface area contributed by atoms with Gasteiger partial charge in [-0.1, -0.05) is 15.9 Å². The topological polar surface area (TPSA) is 50.4 Å². The molecule has 1 aliphatic heterocycles. The second-order valence-corrected chi connectivity index (χ2v) is 6.07. The smallest absolute Gasteiger partial charge is 0.171 e. The molecule has 0 unspecified atom stereocenters. The molecule has 1 aromatic carbocycles. The van der Waals surface area contributed by atoms with Crippen molar-refractivity contribution < 1.29 is 9.53 Å². The van der Waals surface area contributed by atoms with Crippen molar-refractivity contribution in [2.24, 2.45) is 0 Å². The second-order valence-electron chi connectivity index (χ2n) is 4.74. The third kappa shape index (κ3) is 3.44. The molecule has 1 heterocycles. The number of hydrogen-bond donors (Lipinski definition) is 2. The van der Waals surface area contributed by atoms with Crippen molar-refractivity contribution in [2.45, 2.75) is 26.8 Å². The summed E-state index contributed by atoms with van der Waals surface area (Å²) < 4.78 is 6.61. The van der Waals surface area contributed by atoms with Crippen LogP contribution in [0.5, 0.6) is 5.75 Å². The average molecular weight is 369 g/mol. The van der Waals surface area contributed by atoms with Crippen molar-refractivity contribution in [2.75, 3.05) is 6.61 Å². The highest BCUT2D eigenvalue weighted by atomic mass is 79.9. The van der Waals surface area contributed by atoms with Crippen LogP contribution in [0, 0.1) is 0 Å². The number of carbonyl (C=O) groups excluding carboxylic acids is 1. The molecule has 2 N–H and O–H groups in total. The Labute approximate surface area is 138 Å². The van der Waals surface area contributed by atoms with E-state index in [0.29, 0.717) is 17.3 Å². The van der Waals surface area contributed by atoms with Gasteiger partial charge in [0, 0.05) is 21.3 Å². The Kier molecular flexibility index (Phi) is 5.00. The maximum absolute atomic E-state index is 12.0. The van der Waals surface area contributed by atoms with Gasteiger partial charge in [-0.3, -0.25) is 4.79 Å². The number of hydrogen-bond acceptors (Lipinski definition) is 3. The largest absolute Gasteiger partial charge is 0.494 e. The summed E-state index contributed by atoms with van der Waals surface area (Å²) >= 11 is 8.69. The summed E-state index contributed by atoms with van der Waals surface area (Å²) in [6.07, 6.45) is 0. The summed E-state index contributed by atoms with van der Waals surface area (Å²) in [6, 6.07) is 5.45. The van der Waals surface area contributed by atoms with Crippen LogP contribution in [0.4, 0.5) is 0 Å². The first kappa shape index (κ1) is 16.0. The third-order valence-corrected chi connectivity index (χ3v) is 3.94. The summed E-state index contributed by atoms with van der Waals surface area (Å²) in [5.41, 5.74) is 2.33. The Bertz CT molecular complexity index is 628. The molecule has 0 saturated carbocycles. The normalized spacial score (nSPS) is 18.1. The van der Waals surface area contributed by atoms with E-state index in [0.717, 1.165) is 21.5 Å². The lowest BCUT2D eigenvalue weighted by atomic mass is 9.92. The van der Waals surface area contributed by atoms with Crippen LogP contribution < -0.4 is 15.4 Å². The molecule has 1 aliphatic rings. The van der Waals surface area contributed by atoms with E-state index < -0.39 is 0 Å². The summed E-state index contributed by atoms with van der Waals surface area (Å²) in [5.74, 6) is 0.747. The van der Waals surface area contributed by atoms with Gasteiger partial charge < -0.3 is 15.4 Å². The van der Waals surface area contributed by atoms with Crippen LogP contribution in [0.1, 0.15) is 32.4 Å². The SMILES string of the molecule is CCOc1ccc(Br)cc1[C@@H]1NC(=S)NC(C)=C1C(C)=O. The minimum Gasteiger partial charge on any atom is -0.494 e. The average Bonchev–Trinajstić information content (AvgIpc) is 2.39. The van der Waals surface area contributed by atoms with Gasteiger partial charge in [-0.15, -0.1) is 0 Å². The zero-order chi connectivity index (χ0) is 15.6. The van der Waals surface area contributed by atoms with E-state index in [9.17, 15) is 4.79 Å². The van der Waals surface area contributed by atoms with Gasteiger partial charge in [-0.2, -0.15) is 0 Å². The molecule has 1 atom stereocenters. The lowest BCUT2D eigenvalue weighted by molar-refractivity contribution is -0.114. The van der Waals surface area contributed by atoms with E-state index in [-0.39, 0.29) is 11.8 Å². The van der Waals surface area contributed by atoms with Gasteiger partial charge in [0.2, 0.25) is 0 Å². The van der Waals surface area contributed by atoms with Gasteiger partial charge in [-0.05, 0) is 51.2 Å². The van der Waals surface area contributed by atoms with Crippen molar-refractivity contribution in [3.8, 4) is 5.75 Å². The number of rotatable bonds is 4. The lowest BCUT2D eigenvalue weighted by Crippen LogP contribution is -2.44. The van der Waals surface area contributed by atoms with Crippen LogP contribution in [-0.4, -0.2) is 17.5 Å². The first-order valence-electron chi connectivity index (χ1n) is 6.65. The fraction of sp³-hybridized carbons (Fsp3) is 0.333. The standard InChI is InChI=1S/C15H17BrN2O2S/c1-4-20-12-6-5-10(16)7-11(12)14-13(9(3)19)8(2)17-15(21)18-14/h5-7,14H,4H2,1-3H3,(H2,17,18,21)/t14-/m0/s1. The number of allylic oxidation sites excluding steroid dienone is 1. The van der Waals surface area contributed by atoms with Crippen LogP contribution in [0.25, 0.3) is 0 Å². The maximum Gasteiger partial charge on any atom is 0.171 e. The number of carbonyl (C=O) groups is 1. The summed E-state index contributed by atoms with van der Waals surface area (Å²) in [5, 5.41) is 6.67. The van der Waals surface area contributed by atoms with Gasteiger partial charge in [-0.25, -0.2) is 0 Å². The fourth-order valence-electron chi connectivity index (χ4n) is 2.43. The predicted octanol–water partition coefficient (Wildman–Crippen LogP) is 3.23. The number of ether oxygens (including phenoxy) is 1. The second kappa shape index (κ2) is 6.58. The van der Waals surface area contributed by atoms with E-state index in [1.54, 1.807) is 6.92 Å². The number of halogens is 1. The molecule has 0 bridgehead atoms. The molecule has 0 spiro atoms. The van der Waals surface area contributed by atoms with E-state index in [2.05, 4.69) is 26.6 Å². The summed E-state index contributed by atoms with van der Waals surface area (Å²) in [6.45, 7) is 5.90. The molecule has 0 radical (unpaired) electrons. The van der Waals surface area contributed by atoms with E-state index in [4.69, 9.17) is 17.0 Å². The molecule has 4 nitrogen and oxygen atoms in total. The zero-order valence-electron chi connectivity index (χ0n) is 12.1. The van der Waals surface area contributed by atoms with Gasteiger partial charge in [0.25, 0.3) is 0 Å². The Balaban J connectivity index is 2.57. The highest BCUT2D eigenvalue weighted by molar-refractivity contribution is 9.10. The minimum absolute atomic E-state index is 0.00224. The van der Waals surface area contributed by atoms with Crippen molar-refractivity contribution >= 4 is 39.0 Å². The van der Waals surface area contributed by atoms with Crippen LogP contribution >= 0.6 is 28.1 Å². The first-order chi connectivity index (χ1) is 9.93. The number of Topliss-reactive ketones (excluding diaryl/α,β-unsaturated/α-hetero) is 1. The Morgan fingerprint density at radius 3 is 2.81 bits per heavy atom. The van der Waals surface area contributed by atoms with E-state index in [1.807, 2.05) is 32.0 Å². The van der Waals surface area contributed by atoms with Crippen molar-refractivity contribution in [3.05, 3.63) is 39.5 Å². The van der Waals surface area contributed by atoms with Crippen LogP contribution in [0.15, 0.2) is 33.9 Å². The zero-order valence-corrected chi connectivity index (χ0v) is 14.5. The van der Waals surface area contributed by atoms with Crippen LogP contribution in [0.3, 0.4) is 0 Å². The molecule has 0 amide bonds. The highest BCUT2D eigenvalue weighted by Crippen LogP contribution is 2.35. The first-order valence-corrected chi connectivity index (χ1v) is 7.85. The molecule has 112 valence electrons. The number of ketones is 1. The lowest BCUT2D eigenvalue weighted by Gasteiger charge is -2.31. The Hall–Kier alpha value is -1.40.